The molecule has 0 bridgehead atoms. The number of carbonyl (C=O) groups is 4. The van der Waals surface area contributed by atoms with Gasteiger partial charge in [-0.3, -0.25) is 0 Å². The van der Waals surface area contributed by atoms with Crippen molar-refractivity contribution in [2.45, 2.75) is 20.8 Å². The quantitative estimate of drug-likeness (QED) is 0.573. The SMILES string of the molecule is C=C(C)C(=O)O.C=C(C)C(=O)O.C=C(C)C(=O)O.C=CC(=O)O. The zero-order valence-corrected chi connectivity index (χ0v) is 13.3. The van der Waals surface area contributed by atoms with Crippen LogP contribution >= 0.6 is 0 Å². The molecule has 0 aromatic rings. The molecule has 0 saturated carbocycles. The van der Waals surface area contributed by atoms with Crippen molar-refractivity contribution in [2.24, 2.45) is 0 Å². The first-order valence-electron chi connectivity index (χ1n) is 5.72. The average Bonchev–Trinajstić information content (AvgIpc) is 2.40. The van der Waals surface area contributed by atoms with Gasteiger partial charge in [0, 0.05) is 22.8 Å². The standard InChI is InChI=1S/3C4H6O2.C3H4O2/c3*1-3(2)4(5)6;1-2-3(4)5/h3*1H2,2H3,(H,5,6);2H,1H2,(H,4,5). The Hall–Kier alpha value is -3.16. The van der Waals surface area contributed by atoms with E-state index in [1.165, 1.54) is 20.8 Å². The molecule has 0 unspecified atom stereocenters. The van der Waals surface area contributed by atoms with E-state index in [1.807, 2.05) is 0 Å². The summed E-state index contributed by atoms with van der Waals surface area (Å²) in [6.07, 6.45) is 0.833. The van der Waals surface area contributed by atoms with E-state index in [2.05, 4.69) is 26.3 Å². The molecule has 0 fully saturated rings. The normalized spacial score (nSPS) is 7.26. The second kappa shape index (κ2) is 16.9. The van der Waals surface area contributed by atoms with Crippen LogP contribution < -0.4 is 0 Å². The van der Waals surface area contributed by atoms with E-state index in [9.17, 15) is 19.2 Å². The summed E-state index contributed by atoms with van der Waals surface area (Å²) in [5.74, 6) is -3.79. The number of carboxylic acids is 4. The monoisotopic (exact) mass is 330 g/mol. The highest BCUT2D eigenvalue weighted by Crippen LogP contribution is 1.82. The van der Waals surface area contributed by atoms with Gasteiger partial charge in [-0.15, -0.1) is 0 Å². The topological polar surface area (TPSA) is 149 Å². The number of carboxylic acid groups (broad SMARTS) is 4. The Bertz CT molecular complexity index is 393. The molecule has 0 saturated heterocycles. The number of hydrogen-bond acceptors (Lipinski definition) is 4. The fourth-order valence-electron chi connectivity index (χ4n) is 0. The summed E-state index contributed by atoms with van der Waals surface area (Å²) in [5.41, 5.74) is 0.528. The third kappa shape index (κ3) is 45.5. The van der Waals surface area contributed by atoms with Crippen LogP contribution in [0.25, 0.3) is 0 Å². The second-order valence-electron chi connectivity index (χ2n) is 3.80. The lowest BCUT2D eigenvalue weighted by molar-refractivity contribution is -0.133. The molecule has 0 aliphatic heterocycles. The predicted octanol–water partition coefficient (Wildman–Crippen LogP) is 2.20. The smallest absolute Gasteiger partial charge is 0.330 e. The van der Waals surface area contributed by atoms with Crippen LogP contribution in [0, 0.1) is 0 Å². The molecule has 0 aliphatic rings. The molecule has 4 N–H and O–H groups in total. The van der Waals surface area contributed by atoms with Gasteiger partial charge in [0.15, 0.2) is 0 Å². The van der Waals surface area contributed by atoms with Crippen molar-refractivity contribution in [3.8, 4) is 0 Å². The Morgan fingerprint density at radius 2 is 0.739 bits per heavy atom. The van der Waals surface area contributed by atoms with Gasteiger partial charge < -0.3 is 20.4 Å². The molecule has 23 heavy (non-hydrogen) atoms. The van der Waals surface area contributed by atoms with E-state index in [0.29, 0.717) is 0 Å². The predicted molar refractivity (Wildman–Crippen MR) is 85.2 cm³/mol. The maximum Gasteiger partial charge on any atom is 0.330 e. The van der Waals surface area contributed by atoms with Crippen molar-refractivity contribution in [1.82, 2.24) is 0 Å². The third-order valence-corrected chi connectivity index (χ3v) is 1.27. The van der Waals surface area contributed by atoms with Gasteiger partial charge >= 0.3 is 23.9 Å². The van der Waals surface area contributed by atoms with E-state index in [4.69, 9.17) is 20.4 Å². The summed E-state index contributed by atoms with van der Waals surface area (Å²) < 4.78 is 0. The molecule has 0 spiro atoms. The summed E-state index contributed by atoms with van der Waals surface area (Å²) in [4.78, 5) is 38.0. The molecule has 0 heterocycles. The minimum atomic E-state index is -0.981. The van der Waals surface area contributed by atoms with Gasteiger partial charge in [0.25, 0.3) is 0 Å². The Morgan fingerprint density at radius 3 is 0.739 bits per heavy atom. The van der Waals surface area contributed by atoms with Gasteiger partial charge in [-0.05, 0) is 20.8 Å². The largest absolute Gasteiger partial charge is 0.478 e. The van der Waals surface area contributed by atoms with Crippen LogP contribution in [0.2, 0.25) is 0 Å². The second-order valence-corrected chi connectivity index (χ2v) is 3.80. The summed E-state index contributed by atoms with van der Waals surface area (Å²) in [5, 5.41) is 31.3. The summed E-state index contributed by atoms with van der Waals surface area (Å²) in [6, 6.07) is 0. The first kappa shape index (κ1) is 28.1. The van der Waals surface area contributed by atoms with Crippen LogP contribution in [0.1, 0.15) is 20.8 Å². The van der Waals surface area contributed by atoms with Crippen LogP contribution in [0.5, 0.6) is 0 Å². The van der Waals surface area contributed by atoms with Gasteiger partial charge in [0.05, 0.1) is 0 Å². The maximum absolute atomic E-state index is 9.60. The van der Waals surface area contributed by atoms with E-state index in [1.54, 1.807) is 0 Å². The number of aliphatic carboxylic acids is 4. The summed E-state index contributed by atoms with van der Waals surface area (Å²) >= 11 is 0. The van der Waals surface area contributed by atoms with E-state index < -0.39 is 23.9 Å². The van der Waals surface area contributed by atoms with Gasteiger partial charge in [-0.2, -0.15) is 0 Å². The Kier molecular flexibility index (Phi) is 20.6. The third-order valence-electron chi connectivity index (χ3n) is 1.27. The highest BCUT2D eigenvalue weighted by molar-refractivity contribution is 5.85. The van der Waals surface area contributed by atoms with Crippen molar-refractivity contribution >= 4 is 23.9 Å². The molecule has 0 aromatic carbocycles. The van der Waals surface area contributed by atoms with E-state index in [-0.39, 0.29) is 16.7 Å². The number of hydrogen-bond donors (Lipinski definition) is 4. The Balaban J connectivity index is -0.000000105. The van der Waals surface area contributed by atoms with Crippen molar-refractivity contribution in [1.29, 1.82) is 0 Å². The summed E-state index contributed by atoms with van der Waals surface area (Å²) in [7, 11) is 0. The van der Waals surface area contributed by atoms with Gasteiger partial charge in [-0.25, -0.2) is 19.2 Å². The van der Waals surface area contributed by atoms with Gasteiger partial charge in [0.2, 0.25) is 0 Å². The maximum atomic E-state index is 9.60. The lowest BCUT2D eigenvalue weighted by Gasteiger charge is -1.79. The first-order valence-corrected chi connectivity index (χ1v) is 5.72. The molecule has 0 radical (unpaired) electrons. The molecule has 8 heteroatoms. The molecule has 130 valence electrons. The fourth-order valence-corrected chi connectivity index (χ4v) is 0. The highest BCUT2D eigenvalue weighted by atomic mass is 16.4. The summed E-state index contributed by atoms with van der Waals surface area (Å²) in [6.45, 7) is 16.8. The van der Waals surface area contributed by atoms with Crippen LogP contribution in [0.15, 0.2) is 49.1 Å². The van der Waals surface area contributed by atoms with Crippen molar-refractivity contribution in [2.75, 3.05) is 0 Å². The lowest BCUT2D eigenvalue weighted by Crippen LogP contribution is -1.92. The minimum absolute atomic E-state index is 0.176. The highest BCUT2D eigenvalue weighted by Gasteiger charge is 1.91. The van der Waals surface area contributed by atoms with Crippen LogP contribution in [-0.2, 0) is 19.2 Å². The average molecular weight is 330 g/mol. The molecule has 0 amide bonds. The van der Waals surface area contributed by atoms with E-state index in [0.717, 1.165) is 6.08 Å². The zero-order valence-electron chi connectivity index (χ0n) is 13.3. The molecule has 0 aromatic heterocycles. The van der Waals surface area contributed by atoms with Crippen molar-refractivity contribution in [3.63, 3.8) is 0 Å². The fraction of sp³-hybridized carbons (Fsp3) is 0.200. The molecule has 8 nitrogen and oxygen atoms in total. The molecular weight excluding hydrogens is 308 g/mol. The van der Waals surface area contributed by atoms with Crippen LogP contribution in [0.3, 0.4) is 0 Å². The van der Waals surface area contributed by atoms with Gasteiger partial charge in [-0.1, -0.05) is 26.3 Å². The van der Waals surface area contributed by atoms with Gasteiger partial charge in [0.1, 0.15) is 0 Å². The number of rotatable bonds is 4. The van der Waals surface area contributed by atoms with Crippen molar-refractivity contribution in [3.05, 3.63) is 49.1 Å². The van der Waals surface area contributed by atoms with E-state index >= 15 is 0 Å². The molecule has 0 aliphatic carbocycles. The first-order chi connectivity index (χ1) is 10.2. The molecule has 0 atom stereocenters. The van der Waals surface area contributed by atoms with Crippen LogP contribution in [-0.4, -0.2) is 44.3 Å². The zero-order chi connectivity index (χ0) is 19.7. The van der Waals surface area contributed by atoms with Crippen molar-refractivity contribution < 1.29 is 39.6 Å². The lowest BCUT2D eigenvalue weighted by atomic mass is 10.4. The Labute approximate surface area is 134 Å². The minimum Gasteiger partial charge on any atom is -0.478 e. The molecular formula is C15H22O8. The Morgan fingerprint density at radius 1 is 0.652 bits per heavy atom. The van der Waals surface area contributed by atoms with Crippen LogP contribution in [0.4, 0.5) is 0 Å². The molecule has 0 rings (SSSR count).